The minimum absolute atomic E-state index is 0.150. The molecule has 6 heteroatoms. The number of nitrogens with zero attached hydrogens (tertiary/aromatic N) is 2. The summed E-state index contributed by atoms with van der Waals surface area (Å²) in [5, 5.41) is 0. The molecular weight excluding hydrogens is 356 g/mol. The van der Waals surface area contributed by atoms with E-state index in [0.29, 0.717) is 12.1 Å². The van der Waals surface area contributed by atoms with E-state index in [0.717, 1.165) is 34.6 Å². The Bertz CT molecular complexity index is 918. The quantitative estimate of drug-likeness (QED) is 0.724. The number of fused-ring (bicyclic) bond motifs is 1. The molecule has 1 aliphatic heterocycles. The molecule has 1 fully saturated rings. The predicted molar refractivity (Wildman–Crippen MR) is 103 cm³/mol. The number of methoxy groups -OCH3 is 1. The van der Waals surface area contributed by atoms with E-state index in [9.17, 15) is 14.4 Å². The fourth-order valence-electron chi connectivity index (χ4n) is 3.52. The first-order chi connectivity index (χ1) is 13.6. The van der Waals surface area contributed by atoms with Gasteiger partial charge < -0.3 is 9.64 Å². The maximum absolute atomic E-state index is 13.0. The van der Waals surface area contributed by atoms with Gasteiger partial charge in [0.05, 0.1) is 13.5 Å². The van der Waals surface area contributed by atoms with Crippen molar-refractivity contribution < 1.29 is 19.1 Å². The van der Waals surface area contributed by atoms with Crippen LogP contribution in [-0.4, -0.2) is 47.2 Å². The molecule has 0 N–H and O–H groups in total. The lowest BCUT2D eigenvalue weighted by Gasteiger charge is -2.29. The van der Waals surface area contributed by atoms with Gasteiger partial charge in [-0.2, -0.15) is 0 Å². The molecule has 1 saturated carbocycles. The first kappa shape index (κ1) is 18.2. The van der Waals surface area contributed by atoms with E-state index in [1.807, 2.05) is 30.3 Å². The number of benzene rings is 2. The second-order valence-electron chi connectivity index (χ2n) is 7.22. The smallest absolute Gasteiger partial charge is 0.261 e. The number of carbonyl (C=O) groups is 3. The molecule has 0 unspecified atom stereocenters. The summed E-state index contributed by atoms with van der Waals surface area (Å²) in [5.41, 5.74) is 2.21. The number of imide groups is 1. The van der Waals surface area contributed by atoms with Gasteiger partial charge in [0, 0.05) is 18.2 Å². The third kappa shape index (κ3) is 3.63. The van der Waals surface area contributed by atoms with E-state index < -0.39 is 0 Å². The van der Waals surface area contributed by atoms with E-state index in [1.54, 1.807) is 30.2 Å². The molecular formula is C22H22N2O4. The highest BCUT2D eigenvalue weighted by atomic mass is 16.5. The lowest BCUT2D eigenvalue weighted by Crippen LogP contribution is -2.48. The topological polar surface area (TPSA) is 66.9 Å². The number of hydrogen-bond donors (Lipinski definition) is 0. The summed E-state index contributed by atoms with van der Waals surface area (Å²) in [5.74, 6) is -0.145. The Morgan fingerprint density at radius 1 is 1.11 bits per heavy atom. The van der Waals surface area contributed by atoms with Crippen LogP contribution in [0, 0.1) is 0 Å². The Labute approximate surface area is 163 Å². The number of ether oxygens (including phenoxy) is 1. The van der Waals surface area contributed by atoms with Crippen LogP contribution in [0.5, 0.6) is 5.75 Å². The van der Waals surface area contributed by atoms with E-state index in [-0.39, 0.29) is 36.7 Å². The van der Waals surface area contributed by atoms with E-state index in [2.05, 4.69) is 0 Å². The van der Waals surface area contributed by atoms with Crippen LogP contribution in [0.15, 0.2) is 48.5 Å². The average molecular weight is 378 g/mol. The van der Waals surface area contributed by atoms with Gasteiger partial charge >= 0.3 is 0 Å². The summed E-state index contributed by atoms with van der Waals surface area (Å²) >= 11 is 0. The zero-order chi connectivity index (χ0) is 19.7. The van der Waals surface area contributed by atoms with Crippen molar-refractivity contribution >= 4 is 17.7 Å². The summed E-state index contributed by atoms with van der Waals surface area (Å²) in [6.07, 6.45) is 2.05. The highest BCUT2D eigenvalue weighted by molar-refractivity contribution is 6.11. The summed E-state index contributed by atoms with van der Waals surface area (Å²) in [7, 11) is 1.61. The van der Waals surface area contributed by atoms with Crippen LogP contribution >= 0.6 is 0 Å². The molecule has 0 bridgehead atoms. The van der Waals surface area contributed by atoms with Crippen LogP contribution in [0.1, 0.15) is 34.3 Å². The third-order valence-electron chi connectivity index (χ3n) is 5.25. The molecule has 28 heavy (non-hydrogen) atoms. The van der Waals surface area contributed by atoms with Crippen molar-refractivity contribution in [1.82, 2.24) is 9.80 Å². The molecule has 0 saturated heterocycles. The predicted octanol–water partition coefficient (Wildman–Crippen LogP) is 2.41. The van der Waals surface area contributed by atoms with Gasteiger partial charge in [0.25, 0.3) is 5.91 Å². The van der Waals surface area contributed by atoms with Crippen molar-refractivity contribution in [2.75, 3.05) is 13.7 Å². The maximum atomic E-state index is 13.0. The Morgan fingerprint density at radius 3 is 2.50 bits per heavy atom. The molecule has 2 aromatic rings. The lowest BCUT2D eigenvalue weighted by molar-refractivity contribution is -0.139. The highest BCUT2D eigenvalue weighted by Crippen LogP contribution is 2.29. The molecule has 6 nitrogen and oxygen atoms in total. The van der Waals surface area contributed by atoms with Crippen molar-refractivity contribution in [3.63, 3.8) is 0 Å². The second-order valence-corrected chi connectivity index (χ2v) is 7.22. The minimum Gasteiger partial charge on any atom is -0.497 e. The highest BCUT2D eigenvalue weighted by Gasteiger charge is 2.37. The van der Waals surface area contributed by atoms with Crippen LogP contribution in [0.3, 0.4) is 0 Å². The van der Waals surface area contributed by atoms with Gasteiger partial charge in [-0.1, -0.05) is 30.3 Å². The fourth-order valence-corrected chi connectivity index (χ4v) is 3.52. The average Bonchev–Trinajstić information content (AvgIpc) is 3.54. The molecule has 144 valence electrons. The molecule has 1 aliphatic carbocycles. The molecule has 0 radical (unpaired) electrons. The molecule has 2 aromatic carbocycles. The first-order valence-corrected chi connectivity index (χ1v) is 9.42. The van der Waals surface area contributed by atoms with Gasteiger partial charge in [0.2, 0.25) is 11.8 Å². The van der Waals surface area contributed by atoms with Crippen LogP contribution in [-0.2, 0) is 22.6 Å². The van der Waals surface area contributed by atoms with Crippen molar-refractivity contribution in [2.45, 2.75) is 31.8 Å². The number of hydrogen-bond acceptors (Lipinski definition) is 4. The maximum Gasteiger partial charge on any atom is 0.261 e. The van der Waals surface area contributed by atoms with Gasteiger partial charge in [-0.05, 0) is 42.2 Å². The van der Waals surface area contributed by atoms with Gasteiger partial charge in [-0.25, -0.2) is 0 Å². The van der Waals surface area contributed by atoms with E-state index >= 15 is 0 Å². The zero-order valence-corrected chi connectivity index (χ0v) is 15.8. The van der Waals surface area contributed by atoms with Gasteiger partial charge in [0.15, 0.2) is 0 Å². The van der Waals surface area contributed by atoms with Crippen molar-refractivity contribution in [2.24, 2.45) is 0 Å². The number of rotatable bonds is 6. The normalized spacial score (nSPS) is 16.0. The Kier molecular flexibility index (Phi) is 4.86. The molecule has 3 amide bonds. The van der Waals surface area contributed by atoms with E-state index in [1.165, 1.54) is 0 Å². The van der Waals surface area contributed by atoms with Crippen LogP contribution in [0.4, 0.5) is 0 Å². The van der Waals surface area contributed by atoms with Crippen LogP contribution < -0.4 is 4.74 Å². The van der Waals surface area contributed by atoms with Crippen LogP contribution in [0.25, 0.3) is 0 Å². The van der Waals surface area contributed by atoms with Crippen molar-refractivity contribution in [3.05, 3.63) is 65.2 Å². The first-order valence-electron chi connectivity index (χ1n) is 9.42. The standard InChI is InChI=1S/C22H22N2O4/c1-28-18-10-6-15(7-11-18)13-23(17-8-9-17)21(26)14-24-20(25)12-16-4-2-3-5-19(16)22(24)27/h2-7,10-11,17H,8-9,12-14H2,1H3. The van der Waals surface area contributed by atoms with Gasteiger partial charge in [0.1, 0.15) is 12.3 Å². The molecule has 1 heterocycles. The molecule has 0 aromatic heterocycles. The number of amides is 3. The van der Waals surface area contributed by atoms with Gasteiger partial charge in [-0.15, -0.1) is 0 Å². The van der Waals surface area contributed by atoms with E-state index in [4.69, 9.17) is 4.74 Å². The zero-order valence-electron chi connectivity index (χ0n) is 15.8. The summed E-state index contributed by atoms with van der Waals surface area (Å²) < 4.78 is 5.17. The SMILES string of the molecule is COc1ccc(CN(C(=O)CN2C(=O)Cc3ccccc3C2=O)C2CC2)cc1. The minimum atomic E-state index is -0.389. The summed E-state index contributed by atoms with van der Waals surface area (Å²) in [4.78, 5) is 41.0. The van der Waals surface area contributed by atoms with Crippen molar-refractivity contribution in [3.8, 4) is 5.75 Å². The Morgan fingerprint density at radius 2 is 1.82 bits per heavy atom. The largest absolute Gasteiger partial charge is 0.497 e. The molecule has 0 spiro atoms. The summed E-state index contributed by atoms with van der Waals surface area (Å²) in [6, 6.07) is 14.8. The monoisotopic (exact) mass is 378 g/mol. The lowest BCUT2D eigenvalue weighted by atomic mass is 9.98. The Hall–Kier alpha value is -3.15. The Balaban J connectivity index is 1.49. The fraction of sp³-hybridized carbons (Fsp3) is 0.318. The van der Waals surface area contributed by atoms with Crippen LogP contribution in [0.2, 0.25) is 0 Å². The van der Waals surface area contributed by atoms with Gasteiger partial charge in [-0.3, -0.25) is 19.3 Å². The van der Waals surface area contributed by atoms with Crippen molar-refractivity contribution in [1.29, 1.82) is 0 Å². The number of carbonyl (C=O) groups excluding carboxylic acids is 3. The molecule has 2 aliphatic rings. The second kappa shape index (κ2) is 7.46. The molecule has 0 atom stereocenters. The summed E-state index contributed by atoms with van der Waals surface area (Å²) in [6.45, 7) is 0.249. The molecule has 4 rings (SSSR count). The third-order valence-corrected chi connectivity index (χ3v) is 5.25.